The topological polar surface area (TPSA) is 26.3 Å². The quantitative estimate of drug-likeness (QED) is 0.754. The molecule has 0 radical (unpaired) electrons. The summed E-state index contributed by atoms with van der Waals surface area (Å²) in [5, 5.41) is 0. The Balaban J connectivity index is 2.87. The van der Waals surface area contributed by atoms with Gasteiger partial charge in [0.2, 0.25) is 0 Å². The first-order chi connectivity index (χ1) is 7.28. The summed E-state index contributed by atoms with van der Waals surface area (Å²) in [7, 11) is 0. The Kier molecular flexibility index (Phi) is 3.51. The Labute approximate surface area is 88.8 Å². The van der Waals surface area contributed by atoms with Gasteiger partial charge in [-0.05, 0) is 24.6 Å². The second-order valence-electron chi connectivity index (χ2n) is 3.19. The Bertz CT molecular complexity index is 398. The maximum Gasteiger partial charge on any atom is 0.573 e. The van der Waals surface area contributed by atoms with Gasteiger partial charge in [-0.3, -0.25) is 4.79 Å². The van der Waals surface area contributed by atoms with Gasteiger partial charge in [0.15, 0.2) is 11.6 Å². The van der Waals surface area contributed by atoms with Crippen LogP contribution in [0.25, 0.3) is 0 Å². The number of halogens is 4. The maximum absolute atomic E-state index is 13.1. The van der Waals surface area contributed by atoms with Gasteiger partial charge in [0.05, 0.1) is 0 Å². The number of carbonyl (C=O) groups is 1. The molecule has 6 heteroatoms. The normalized spacial score (nSPS) is 11.3. The zero-order valence-corrected chi connectivity index (χ0v) is 8.27. The fourth-order valence-corrected chi connectivity index (χ4v) is 1.15. The molecule has 0 heterocycles. The first kappa shape index (κ1) is 12.5. The van der Waals surface area contributed by atoms with Crippen molar-refractivity contribution in [3.05, 3.63) is 29.6 Å². The van der Waals surface area contributed by atoms with E-state index in [0.717, 1.165) is 12.1 Å². The van der Waals surface area contributed by atoms with Gasteiger partial charge in [-0.15, -0.1) is 13.2 Å². The van der Waals surface area contributed by atoms with Crippen LogP contribution < -0.4 is 4.74 Å². The summed E-state index contributed by atoms with van der Waals surface area (Å²) in [6.07, 6.45) is -4.95. The summed E-state index contributed by atoms with van der Waals surface area (Å²) in [6, 6.07) is 2.91. The molecule has 0 spiro atoms. The third kappa shape index (κ3) is 3.88. The molecule has 0 fully saturated rings. The van der Waals surface area contributed by atoms with Crippen LogP contribution in [0.15, 0.2) is 18.2 Å². The van der Waals surface area contributed by atoms with Crippen LogP contribution in [0.2, 0.25) is 0 Å². The molecular formula is C10H8F4O2. The molecule has 0 amide bonds. The minimum Gasteiger partial charge on any atom is -0.403 e. The Morgan fingerprint density at radius 3 is 2.44 bits per heavy atom. The number of rotatable bonds is 3. The zero-order chi connectivity index (χ0) is 12.3. The predicted octanol–water partition coefficient (Wildman–Crippen LogP) is 2.86. The highest BCUT2D eigenvalue weighted by molar-refractivity contribution is 5.78. The monoisotopic (exact) mass is 236 g/mol. The molecule has 2 nitrogen and oxygen atoms in total. The third-order valence-electron chi connectivity index (χ3n) is 1.68. The van der Waals surface area contributed by atoms with Crippen molar-refractivity contribution in [2.24, 2.45) is 0 Å². The summed E-state index contributed by atoms with van der Waals surface area (Å²) in [4.78, 5) is 10.7. The van der Waals surface area contributed by atoms with Crippen molar-refractivity contribution in [1.82, 2.24) is 0 Å². The standard InChI is InChI=1S/C10H8F4O2/c1-6(15)4-7-2-3-9(8(11)5-7)16-10(12,13)14/h2-3,5H,4H2,1H3. The van der Waals surface area contributed by atoms with Crippen LogP contribution in [0, 0.1) is 5.82 Å². The minimum absolute atomic E-state index is 0.0246. The van der Waals surface area contributed by atoms with Crippen LogP contribution in [0.3, 0.4) is 0 Å². The largest absolute Gasteiger partial charge is 0.573 e. The highest BCUT2D eigenvalue weighted by atomic mass is 19.4. The van der Waals surface area contributed by atoms with Crippen LogP contribution in [0.4, 0.5) is 17.6 Å². The summed E-state index contributed by atoms with van der Waals surface area (Å²) >= 11 is 0. The molecule has 0 bridgehead atoms. The molecule has 0 saturated carbocycles. The van der Waals surface area contributed by atoms with Crippen molar-refractivity contribution in [3.8, 4) is 5.75 Å². The van der Waals surface area contributed by atoms with E-state index in [1.807, 2.05) is 0 Å². The van der Waals surface area contributed by atoms with E-state index in [2.05, 4.69) is 4.74 Å². The molecule has 16 heavy (non-hydrogen) atoms. The Morgan fingerprint density at radius 2 is 2.00 bits per heavy atom. The van der Waals surface area contributed by atoms with Gasteiger partial charge in [-0.2, -0.15) is 0 Å². The number of ketones is 1. The first-order valence-corrected chi connectivity index (χ1v) is 4.31. The van der Waals surface area contributed by atoms with E-state index in [1.54, 1.807) is 0 Å². The van der Waals surface area contributed by atoms with Crippen LogP contribution in [0.5, 0.6) is 5.75 Å². The smallest absolute Gasteiger partial charge is 0.403 e. The zero-order valence-electron chi connectivity index (χ0n) is 8.27. The summed E-state index contributed by atoms with van der Waals surface area (Å²) in [5.41, 5.74) is 0.305. The summed E-state index contributed by atoms with van der Waals surface area (Å²) < 4.78 is 51.9. The number of carbonyl (C=O) groups excluding carboxylic acids is 1. The van der Waals surface area contributed by atoms with Crippen molar-refractivity contribution in [1.29, 1.82) is 0 Å². The molecule has 0 unspecified atom stereocenters. The van der Waals surface area contributed by atoms with Crippen molar-refractivity contribution >= 4 is 5.78 Å². The maximum atomic E-state index is 13.1. The molecule has 1 aromatic rings. The molecule has 1 aromatic carbocycles. The summed E-state index contributed by atoms with van der Waals surface area (Å²) in [5.74, 6) is -2.25. The lowest BCUT2D eigenvalue weighted by atomic mass is 10.1. The lowest BCUT2D eigenvalue weighted by Crippen LogP contribution is -2.18. The highest BCUT2D eigenvalue weighted by Crippen LogP contribution is 2.26. The molecule has 88 valence electrons. The van der Waals surface area contributed by atoms with E-state index >= 15 is 0 Å². The number of hydrogen-bond acceptors (Lipinski definition) is 2. The van der Waals surface area contributed by atoms with Gasteiger partial charge in [-0.25, -0.2) is 4.39 Å². The molecule has 0 saturated heterocycles. The third-order valence-corrected chi connectivity index (χ3v) is 1.68. The van der Waals surface area contributed by atoms with Crippen LogP contribution in [-0.2, 0) is 11.2 Å². The molecule has 0 aliphatic carbocycles. The number of ether oxygens (including phenoxy) is 1. The molecule has 0 N–H and O–H groups in total. The molecule has 0 aliphatic rings. The van der Waals surface area contributed by atoms with Gasteiger partial charge in [0.1, 0.15) is 5.78 Å². The van der Waals surface area contributed by atoms with Gasteiger partial charge in [-0.1, -0.05) is 6.07 Å². The lowest BCUT2D eigenvalue weighted by molar-refractivity contribution is -0.275. The number of Topliss-reactive ketones (excluding diaryl/α,β-unsaturated/α-hetero) is 1. The number of alkyl halides is 3. The first-order valence-electron chi connectivity index (χ1n) is 4.31. The number of hydrogen-bond donors (Lipinski definition) is 0. The molecule has 0 atom stereocenters. The van der Waals surface area contributed by atoms with Gasteiger partial charge < -0.3 is 4.74 Å². The second kappa shape index (κ2) is 4.51. The minimum atomic E-state index is -4.93. The van der Waals surface area contributed by atoms with Crippen molar-refractivity contribution in [3.63, 3.8) is 0 Å². The average Bonchev–Trinajstić information content (AvgIpc) is 2.06. The van der Waals surface area contributed by atoms with Crippen LogP contribution >= 0.6 is 0 Å². The van der Waals surface area contributed by atoms with Crippen LogP contribution in [0.1, 0.15) is 12.5 Å². The van der Waals surface area contributed by atoms with Gasteiger partial charge in [0.25, 0.3) is 0 Å². The SMILES string of the molecule is CC(=O)Cc1ccc(OC(F)(F)F)c(F)c1. The van der Waals surface area contributed by atoms with E-state index < -0.39 is 17.9 Å². The average molecular weight is 236 g/mol. The fourth-order valence-electron chi connectivity index (χ4n) is 1.15. The van der Waals surface area contributed by atoms with Crippen molar-refractivity contribution in [2.45, 2.75) is 19.7 Å². The molecule has 1 rings (SSSR count). The number of benzene rings is 1. The molecule has 0 aliphatic heterocycles. The highest BCUT2D eigenvalue weighted by Gasteiger charge is 2.32. The molecular weight excluding hydrogens is 228 g/mol. The van der Waals surface area contributed by atoms with E-state index in [1.165, 1.54) is 13.0 Å². The van der Waals surface area contributed by atoms with Crippen molar-refractivity contribution < 1.29 is 27.1 Å². The van der Waals surface area contributed by atoms with Gasteiger partial charge in [0, 0.05) is 6.42 Å². The fraction of sp³-hybridized carbons (Fsp3) is 0.300. The van der Waals surface area contributed by atoms with E-state index in [0.29, 0.717) is 5.56 Å². The lowest BCUT2D eigenvalue weighted by Gasteiger charge is -2.10. The van der Waals surface area contributed by atoms with E-state index in [4.69, 9.17) is 0 Å². The summed E-state index contributed by atoms with van der Waals surface area (Å²) in [6.45, 7) is 1.30. The van der Waals surface area contributed by atoms with Gasteiger partial charge >= 0.3 is 6.36 Å². The van der Waals surface area contributed by atoms with Crippen molar-refractivity contribution in [2.75, 3.05) is 0 Å². The van der Waals surface area contributed by atoms with E-state index in [9.17, 15) is 22.4 Å². The Morgan fingerprint density at radius 1 is 1.38 bits per heavy atom. The predicted molar refractivity (Wildman–Crippen MR) is 47.5 cm³/mol. The second-order valence-corrected chi connectivity index (χ2v) is 3.19. The van der Waals surface area contributed by atoms with E-state index in [-0.39, 0.29) is 12.2 Å². The Hall–Kier alpha value is -1.59. The molecule has 0 aromatic heterocycles. The van der Waals surface area contributed by atoms with Crippen LogP contribution in [-0.4, -0.2) is 12.1 Å².